The second-order valence-electron chi connectivity index (χ2n) is 4.96. The lowest BCUT2D eigenvalue weighted by Crippen LogP contribution is -3.14. The third-order valence-electron chi connectivity index (χ3n) is 3.56. The largest absolute Gasteiger partial charge is 0.370 e. The summed E-state index contributed by atoms with van der Waals surface area (Å²) in [5.41, 5.74) is 1.25. The number of fused-ring (bicyclic) bond motifs is 1. The SMILES string of the molecule is O=C(NCC[NH+]1CCOCC1)c1cn2ccccc2n1. The number of hydrogen-bond donors (Lipinski definition) is 2. The summed E-state index contributed by atoms with van der Waals surface area (Å²) in [6.45, 7) is 5.27. The molecule has 1 aliphatic rings. The van der Waals surface area contributed by atoms with E-state index in [-0.39, 0.29) is 5.91 Å². The van der Waals surface area contributed by atoms with Crippen molar-refractivity contribution < 1.29 is 14.4 Å². The Morgan fingerprint density at radius 2 is 2.25 bits per heavy atom. The maximum Gasteiger partial charge on any atom is 0.271 e. The molecule has 3 heterocycles. The van der Waals surface area contributed by atoms with E-state index in [2.05, 4.69) is 10.3 Å². The second-order valence-corrected chi connectivity index (χ2v) is 4.96. The zero-order valence-electron chi connectivity index (χ0n) is 11.3. The van der Waals surface area contributed by atoms with E-state index < -0.39 is 0 Å². The fourth-order valence-electron chi connectivity index (χ4n) is 2.40. The smallest absolute Gasteiger partial charge is 0.271 e. The van der Waals surface area contributed by atoms with Crippen molar-refractivity contribution in [2.75, 3.05) is 39.4 Å². The van der Waals surface area contributed by atoms with Gasteiger partial charge in [-0.05, 0) is 12.1 Å². The number of nitrogens with zero attached hydrogens (tertiary/aromatic N) is 2. The maximum atomic E-state index is 12.0. The van der Waals surface area contributed by atoms with Crippen LogP contribution in [0.5, 0.6) is 0 Å². The number of amides is 1. The fraction of sp³-hybridized carbons (Fsp3) is 0.429. The lowest BCUT2D eigenvalue weighted by Gasteiger charge is -2.23. The molecule has 6 nitrogen and oxygen atoms in total. The van der Waals surface area contributed by atoms with Gasteiger partial charge in [0.15, 0.2) is 0 Å². The maximum absolute atomic E-state index is 12.0. The predicted molar refractivity (Wildman–Crippen MR) is 73.9 cm³/mol. The lowest BCUT2D eigenvalue weighted by atomic mass is 10.4. The zero-order chi connectivity index (χ0) is 13.8. The van der Waals surface area contributed by atoms with Gasteiger partial charge in [0, 0.05) is 12.4 Å². The molecule has 106 valence electrons. The van der Waals surface area contributed by atoms with E-state index in [4.69, 9.17) is 4.74 Å². The number of carbonyl (C=O) groups excluding carboxylic acids is 1. The van der Waals surface area contributed by atoms with Crippen LogP contribution in [0.1, 0.15) is 10.5 Å². The van der Waals surface area contributed by atoms with Gasteiger partial charge < -0.3 is 19.4 Å². The van der Waals surface area contributed by atoms with Crippen LogP contribution in [-0.2, 0) is 4.74 Å². The number of ether oxygens (including phenoxy) is 1. The molecule has 2 aromatic heterocycles. The minimum Gasteiger partial charge on any atom is -0.370 e. The summed E-state index contributed by atoms with van der Waals surface area (Å²) < 4.78 is 7.16. The zero-order valence-corrected chi connectivity index (χ0v) is 11.3. The number of aromatic nitrogens is 2. The van der Waals surface area contributed by atoms with Gasteiger partial charge >= 0.3 is 0 Å². The van der Waals surface area contributed by atoms with E-state index in [1.54, 1.807) is 6.20 Å². The first-order valence-electron chi connectivity index (χ1n) is 6.96. The molecule has 20 heavy (non-hydrogen) atoms. The van der Waals surface area contributed by atoms with E-state index in [1.165, 1.54) is 4.90 Å². The van der Waals surface area contributed by atoms with Crippen LogP contribution in [0.3, 0.4) is 0 Å². The number of pyridine rings is 1. The molecule has 1 fully saturated rings. The number of imidazole rings is 1. The van der Waals surface area contributed by atoms with Crippen LogP contribution in [0.4, 0.5) is 0 Å². The highest BCUT2D eigenvalue weighted by Gasteiger charge is 2.15. The summed E-state index contributed by atoms with van der Waals surface area (Å²) in [5.74, 6) is -0.110. The highest BCUT2D eigenvalue weighted by atomic mass is 16.5. The molecule has 1 aliphatic heterocycles. The Balaban J connectivity index is 1.53. The molecule has 0 aromatic carbocycles. The third kappa shape index (κ3) is 2.97. The molecule has 0 aliphatic carbocycles. The Morgan fingerprint density at radius 3 is 3.05 bits per heavy atom. The molecule has 0 bridgehead atoms. The average molecular weight is 275 g/mol. The molecule has 0 spiro atoms. The van der Waals surface area contributed by atoms with Gasteiger partial charge in [0.1, 0.15) is 24.4 Å². The van der Waals surface area contributed by atoms with Crippen LogP contribution >= 0.6 is 0 Å². The van der Waals surface area contributed by atoms with Gasteiger partial charge in [-0.1, -0.05) is 6.07 Å². The van der Waals surface area contributed by atoms with Gasteiger partial charge in [0.2, 0.25) is 0 Å². The standard InChI is InChI=1S/C14H18N4O2/c19-14(15-4-6-17-7-9-20-10-8-17)12-11-18-5-2-1-3-13(18)16-12/h1-3,5,11H,4,6-10H2,(H,15,19)/p+1. The third-order valence-corrected chi connectivity index (χ3v) is 3.56. The summed E-state index contributed by atoms with van der Waals surface area (Å²) in [6.07, 6.45) is 3.64. The molecule has 0 radical (unpaired) electrons. The number of carbonyl (C=O) groups is 1. The first-order valence-corrected chi connectivity index (χ1v) is 6.96. The highest BCUT2D eigenvalue weighted by Crippen LogP contribution is 2.03. The number of nitrogens with one attached hydrogen (secondary N) is 2. The molecule has 6 heteroatoms. The van der Waals surface area contributed by atoms with E-state index in [1.807, 2.05) is 28.8 Å². The van der Waals surface area contributed by atoms with Gasteiger partial charge in [-0.15, -0.1) is 0 Å². The molecule has 2 aromatic rings. The second kappa shape index (κ2) is 6.02. The van der Waals surface area contributed by atoms with Gasteiger partial charge in [-0.3, -0.25) is 4.79 Å². The minimum absolute atomic E-state index is 0.110. The molecule has 0 saturated carbocycles. The quantitative estimate of drug-likeness (QED) is 0.751. The summed E-state index contributed by atoms with van der Waals surface area (Å²) in [4.78, 5) is 17.8. The van der Waals surface area contributed by atoms with E-state index in [0.29, 0.717) is 12.2 Å². The van der Waals surface area contributed by atoms with Crippen LogP contribution in [0.25, 0.3) is 5.65 Å². The van der Waals surface area contributed by atoms with Crippen molar-refractivity contribution in [1.29, 1.82) is 0 Å². The minimum atomic E-state index is -0.110. The van der Waals surface area contributed by atoms with Crippen molar-refractivity contribution in [2.45, 2.75) is 0 Å². The van der Waals surface area contributed by atoms with Crippen molar-refractivity contribution in [1.82, 2.24) is 14.7 Å². The van der Waals surface area contributed by atoms with E-state index in [0.717, 1.165) is 38.5 Å². The van der Waals surface area contributed by atoms with Crippen molar-refractivity contribution >= 4 is 11.6 Å². The Hall–Kier alpha value is -1.92. The Morgan fingerprint density at radius 1 is 1.40 bits per heavy atom. The van der Waals surface area contributed by atoms with Crippen LogP contribution in [-0.4, -0.2) is 54.7 Å². The van der Waals surface area contributed by atoms with Crippen molar-refractivity contribution in [3.63, 3.8) is 0 Å². The first-order chi connectivity index (χ1) is 9.83. The molecule has 1 saturated heterocycles. The predicted octanol–water partition coefficient (Wildman–Crippen LogP) is -1.02. The fourth-order valence-corrected chi connectivity index (χ4v) is 2.40. The normalized spacial score (nSPS) is 16.4. The Kier molecular flexibility index (Phi) is 3.94. The van der Waals surface area contributed by atoms with Crippen LogP contribution < -0.4 is 10.2 Å². The number of rotatable bonds is 4. The Labute approximate surface area is 117 Å². The molecular formula is C14H19N4O2+. The van der Waals surface area contributed by atoms with Gasteiger partial charge in [0.25, 0.3) is 5.91 Å². The van der Waals surface area contributed by atoms with Gasteiger partial charge in [-0.2, -0.15) is 0 Å². The topological polar surface area (TPSA) is 60.1 Å². The molecule has 1 amide bonds. The van der Waals surface area contributed by atoms with Crippen molar-refractivity contribution in [2.24, 2.45) is 0 Å². The number of hydrogen-bond acceptors (Lipinski definition) is 3. The monoisotopic (exact) mass is 275 g/mol. The summed E-state index contributed by atoms with van der Waals surface area (Å²) in [6, 6.07) is 5.71. The van der Waals surface area contributed by atoms with Crippen LogP contribution in [0, 0.1) is 0 Å². The summed E-state index contributed by atoms with van der Waals surface area (Å²) in [5, 5.41) is 2.93. The van der Waals surface area contributed by atoms with Crippen molar-refractivity contribution in [3.05, 3.63) is 36.3 Å². The average Bonchev–Trinajstić information content (AvgIpc) is 2.92. The molecule has 0 atom stereocenters. The molecule has 2 N–H and O–H groups in total. The summed E-state index contributed by atoms with van der Waals surface area (Å²) >= 11 is 0. The van der Waals surface area contributed by atoms with E-state index in [9.17, 15) is 4.79 Å². The number of quaternary nitrogens is 1. The molecule has 3 rings (SSSR count). The van der Waals surface area contributed by atoms with Gasteiger partial charge in [0.05, 0.1) is 26.3 Å². The van der Waals surface area contributed by atoms with Crippen molar-refractivity contribution in [3.8, 4) is 0 Å². The molecule has 0 unspecified atom stereocenters. The molecular weight excluding hydrogens is 256 g/mol. The summed E-state index contributed by atoms with van der Waals surface area (Å²) in [7, 11) is 0. The first kappa shape index (κ1) is 13.1. The van der Waals surface area contributed by atoms with Gasteiger partial charge in [-0.25, -0.2) is 4.98 Å². The Bertz CT molecular complexity index is 557. The van der Waals surface area contributed by atoms with Crippen LogP contribution in [0.15, 0.2) is 30.6 Å². The lowest BCUT2D eigenvalue weighted by molar-refractivity contribution is -0.906. The van der Waals surface area contributed by atoms with E-state index >= 15 is 0 Å². The van der Waals surface area contributed by atoms with Crippen LogP contribution in [0.2, 0.25) is 0 Å². The highest BCUT2D eigenvalue weighted by molar-refractivity contribution is 5.92. The number of morpholine rings is 1.